The third-order valence-electron chi connectivity index (χ3n) is 6.34. The quantitative estimate of drug-likeness (QED) is 0.145. The molecule has 31 heavy (non-hydrogen) atoms. The van der Waals surface area contributed by atoms with Crippen molar-refractivity contribution in [1.29, 1.82) is 0 Å². The topological polar surface area (TPSA) is 78.5 Å². The SMILES string of the molecule is C=CCCCCCCCCCCCCCCCCCC1=NC=C[N+]1(CCN)CC(=O)[O-]. The summed E-state index contributed by atoms with van der Waals surface area (Å²) < 4.78 is 0.244. The molecule has 2 N–H and O–H groups in total. The Labute approximate surface area is 191 Å². The maximum atomic E-state index is 11.2. The number of aliphatic carboxylic acids is 1. The summed E-state index contributed by atoms with van der Waals surface area (Å²) in [4.78, 5) is 15.6. The lowest BCUT2D eigenvalue weighted by atomic mass is 10.0. The number of nitrogens with zero attached hydrogens (tertiary/aromatic N) is 2. The maximum absolute atomic E-state index is 11.2. The molecule has 1 unspecified atom stereocenters. The van der Waals surface area contributed by atoms with Crippen molar-refractivity contribution in [2.24, 2.45) is 10.7 Å². The van der Waals surface area contributed by atoms with Gasteiger partial charge >= 0.3 is 0 Å². The van der Waals surface area contributed by atoms with Crippen LogP contribution in [-0.2, 0) is 4.79 Å². The van der Waals surface area contributed by atoms with Crippen molar-refractivity contribution in [2.45, 2.75) is 109 Å². The summed E-state index contributed by atoms with van der Waals surface area (Å²) in [6, 6.07) is 0. The smallest absolute Gasteiger partial charge is 0.207 e. The average Bonchev–Trinajstić information content (AvgIpc) is 3.11. The second kappa shape index (κ2) is 18.1. The molecule has 5 heteroatoms. The average molecular weight is 434 g/mol. The van der Waals surface area contributed by atoms with Crippen molar-refractivity contribution < 1.29 is 14.4 Å². The van der Waals surface area contributed by atoms with E-state index in [1.54, 1.807) is 6.20 Å². The number of nitrogens with two attached hydrogens (primary N) is 1. The molecule has 0 spiro atoms. The number of rotatable bonds is 22. The number of carboxylic acid groups (broad SMARTS) is 1. The fraction of sp³-hybridized carbons (Fsp3) is 0.769. The molecule has 1 aliphatic heterocycles. The second-order valence-corrected chi connectivity index (χ2v) is 9.05. The molecule has 0 aromatic rings. The number of quaternary nitrogens is 1. The van der Waals surface area contributed by atoms with Crippen molar-refractivity contribution in [3.63, 3.8) is 0 Å². The highest BCUT2D eigenvalue weighted by molar-refractivity contribution is 5.80. The van der Waals surface area contributed by atoms with Crippen LogP contribution in [-0.4, -0.2) is 35.9 Å². The van der Waals surface area contributed by atoms with Crippen molar-refractivity contribution in [3.05, 3.63) is 25.1 Å². The van der Waals surface area contributed by atoms with Gasteiger partial charge in [-0.25, -0.2) is 9.48 Å². The Morgan fingerprint density at radius 3 is 1.84 bits per heavy atom. The Bertz CT molecular complexity index is 545. The molecule has 0 aliphatic carbocycles. The summed E-state index contributed by atoms with van der Waals surface area (Å²) in [5, 5.41) is 11.2. The van der Waals surface area contributed by atoms with Crippen LogP contribution >= 0.6 is 0 Å². The van der Waals surface area contributed by atoms with Crippen LogP contribution in [0.5, 0.6) is 0 Å². The number of carboxylic acids is 1. The van der Waals surface area contributed by atoms with Gasteiger partial charge in [0.2, 0.25) is 5.84 Å². The highest BCUT2D eigenvalue weighted by Gasteiger charge is 2.34. The van der Waals surface area contributed by atoms with Crippen LogP contribution < -0.4 is 10.8 Å². The van der Waals surface area contributed by atoms with Gasteiger partial charge < -0.3 is 15.6 Å². The molecule has 178 valence electrons. The third-order valence-corrected chi connectivity index (χ3v) is 6.34. The summed E-state index contributed by atoms with van der Waals surface area (Å²) in [5.41, 5.74) is 5.71. The molecule has 1 rings (SSSR count). The maximum Gasteiger partial charge on any atom is 0.207 e. The summed E-state index contributed by atoms with van der Waals surface area (Å²) in [6.07, 6.45) is 27.6. The zero-order valence-corrected chi connectivity index (χ0v) is 19.9. The van der Waals surface area contributed by atoms with Gasteiger partial charge in [-0.2, -0.15) is 0 Å². The van der Waals surface area contributed by atoms with Crippen molar-refractivity contribution >= 4 is 11.8 Å². The molecular weight excluding hydrogens is 386 g/mol. The number of carbonyl (C=O) groups excluding carboxylic acids is 1. The Hall–Kier alpha value is -1.46. The number of aliphatic imine (C=N–C) groups is 1. The first kappa shape index (κ1) is 27.6. The molecule has 0 aromatic heterocycles. The lowest BCUT2D eigenvalue weighted by Crippen LogP contribution is -2.55. The van der Waals surface area contributed by atoms with Crippen LogP contribution in [0.25, 0.3) is 0 Å². The van der Waals surface area contributed by atoms with Crippen LogP contribution in [0.15, 0.2) is 30.0 Å². The van der Waals surface area contributed by atoms with Gasteiger partial charge in [0.1, 0.15) is 19.3 Å². The molecule has 0 aromatic carbocycles. The molecule has 5 nitrogen and oxygen atoms in total. The lowest BCUT2D eigenvalue weighted by Gasteiger charge is -2.32. The van der Waals surface area contributed by atoms with Crippen molar-refractivity contribution in [1.82, 2.24) is 0 Å². The van der Waals surface area contributed by atoms with Crippen molar-refractivity contribution in [2.75, 3.05) is 19.6 Å². The zero-order valence-electron chi connectivity index (χ0n) is 19.9. The van der Waals surface area contributed by atoms with Gasteiger partial charge in [-0.1, -0.05) is 89.5 Å². The van der Waals surface area contributed by atoms with E-state index in [0.717, 1.165) is 18.7 Å². The van der Waals surface area contributed by atoms with Crippen LogP contribution in [0, 0.1) is 0 Å². The van der Waals surface area contributed by atoms with Gasteiger partial charge in [0.05, 0.1) is 12.2 Å². The minimum atomic E-state index is -1.05. The van der Waals surface area contributed by atoms with E-state index in [4.69, 9.17) is 5.73 Å². The second-order valence-electron chi connectivity index (χ2n) is 9.05. The molecule has 0 amide bonds. The lowest BCUT2D eigenvalue weighted by molar-refractivity contribution is -0.780. The highest BCUT2D eigenvalue weighted by atomic mass is 16.4. The molecule has 0 fully saturated rings. The van der Waals surface area contributed by atoms with E-state index in [1.807, 2.05) is 12.3 Å². The van der Waals surface area contributed by atoms with E-state index in [9.17, 15) is 9.90 Å². The Kier molecular flexibility index (Phi) is 16.1. The number of allylic oxidation sites excluding steroid dienone is 1. The molecule has 1 aliphatic rings. The predicted octanol–water partition coefficient (Wildman–Crippen LogP) is 5.21. The first-order valence-electron chi connectivity index (χ1n) is 12.8. The summed E-state index contributed by atoms with van der Waals surface area (Å²) in [6.45, 7) is 4.71. The largest absolute Gasteiger partial charge is 0.544 e. The van der Waals surface area contributed by atoms with Gasteiger partial charge in [0.25, 0.3) is 0 Å². The van der Waals surface area contributed by atoms with E-state index in [0.29, 0.717) is 13.1 Å². The molecular formula is C26H47N3O2. The Morgan fingerprint density at radius 1 is 0.903 bits per heavy atom. The van der Waals surface area contributed by atoms with Crippen LogP contribution in [0.1, 0.15) is 109 Å². The van der Waals surface area contributed by atoms with Crippen molar-refractivity contribution in [3.8, 4) is 0 Å². The number of hydrogen-bond acceptors (Lipinski definition) is 4. The third kappa shape index (κ3) is 12.9. The first-order chi connectivity index (χ1) is 15.1. The fourth-order valence-electron chi connectivity index (χ4n) is 4.49. The number of unbranched alkanes of at least 4 members (excludes halogenated alkanes) is 15. The van der Waals surface area contributed by atoms with Gasteiger partial charge in [-0.3, -0.25) is 0 Å². The van der Waals surface area contributed by atoms with Gasteiger partial charge in [-0.05, 0) is 19.3 Å². The number of carbonyl (C=O) groups is 1. The van der Waals surface area contributed by atoms with E-state index in [2.05, 4.69) is 11.6 Å². The van der Waals surface area contributed by atoms with E-state index in [1.165, 1.54) is 96.3 Å². The summed E-state index contributed by atoms with van der Waals surface area (Å²) in [5.74, 6) is -0.127. The van der Waals surface area contributed by atoms with Crippen LogP contribution in [0.3, 0.4) is 0 Å². The molecule has 1 atom stereocenters. The standard InChI is InChI=1S/C26H47N3O2/c1-2-3-4-5-6-7-8-9-10-11-12-13-14-15-16-17-18-19-25-28-21-23-29(25,22-20-27)24-26(30)31/h2,21,23H,1,3-20,22,24,27H2. The van der Waals surface area contributed by atoms with E-state index < -0.39 is 5.97 Å². The van der Waals surface area contributed by atoms with E-state index in [-0.39, 0.29) is 11.0 Å². The molecule has 1 heterocycles. The Morgan fingerprint density at radius 2 is 1.39 bits per heavy atom. The fourth-order valence-corrected chi connectivity index (χ4v) is 4.49. The number of amidine groups is 1. The van der Waals surface area contributed by atoms with Gasteiger partial charge in [-0.15, -0.1) is 6.58 Å². The van der Waals surface area contributed by atoms with Crippen LogP contribution in [0.4, 0.5) is 0 Å². The minimum absolute atomic E-state index is 0.0672. The normalized spacial score (nSPS) is 17.8. The molecule has 0 radical (unpaired) electrons. The first-order valence-corrected chi connectivity index (χ1v) is 12.8. The molecule has 0 bridgehead atoms. The predicted molar refractivity (Wildman–Crippen MR) is 129 cm³/mol. The van der Waals surface area contributed by atoms with E-state index >= 15 is 0 Å². The number of hydrogen-bond donors (Lipinski definition) is 1. The highest BCUT2D eigenvalue weighted by Crippen LogP contribution is 2.21. The minimum Gasteiger partial charge on any atom is -0.544 e. The molecule has 0 saturated carbocycles. The molecule has 0 saturated heterocycles. The van der Waals surface area contributed by atoms with Crippen LogP contribution in [0.2, 0.25) is 0 Å². The Balaban J connectivity index is 1.93. The monoisotopic (exact) mass is 433 g/mol. The summed E-state index contributed by atoms with van der Waals surface area (Å²) in [7, 11) is 0. The zero-order chi connectivity index (χ0) is 22.6. The van der Waals surface area contributed by atoms with Gasteiger partial charge in [0.15, 0.2) is 0 Å². The summed E-state index contributed by atoms with van der Waals surface area (Å²) >= 11 is 0. The van der Waals surface area contributed by atoms with Gasteiger partial charge in [0, 0.05) is 13.0 Å².